The van der Waals surface area contributed by atoms with Crippen molar-refractivity contribution in [2.45, 2.75) is 32.7 Å². The first kappa shape index (κ1) is 20.3. The zero-order valence-electron chi connectivity index (χ0n) is 17.5. The Morgan fingerprint density at radius 3 is 1.76 bits per heavy atom. The van der Waals surface area contributed by atoms with Crippen LogP contribution in [0.25, 0.3) is 5.57 Å². The van der Waals surface area contributed by atoms with Crippen LogP contribution in [0.1, 0.15) is 42.5 Å². The van der Waals surface area contributed by atoms with Crippen molar-refractivity contribution in [3.05, 3.63) is 124 Å². The molecule has 0 saturated heterocycles. The molecular formula is C28H29Zr. The van der Waals surface area contributed by atoms with E-state index in [-0.39, 0.29) is 0 Å². The molecule has 3 aromatic carbocycles. The van der Waals surface area contributed by atoms with Gasteiger partial charge < -0.3 is 0 Å². The Morgan fingerprint density at radius 2 is 1.21 bits per heavy atom. The molecule has 0 heterocycles. The Labute approximate surface area is 183 Å². The van der Waals surface area contributed by atoms with Crippen molar-refractivity contribution in [1.29, 1.82) is 0 Å². The molecule has 0 unspecified atom stereocenters. The molecule has 4 rings (SSSR count). The second-order valence-corrected chi connectivity index (χ2v) is 14.4. The van der Waals surface area contributed by atoms with Crippen molar-refractivity contribution in [1.82, 2.24) is 0 Å². The molecule has 29 heavy (non-hydrogen) atoms. The molecule has 0 nitrogen and oxygen atoms in total. The van der Waals surface area contributed by atoms with Crippen LogP contribution in [-0.2, 0) is 34.1 Å². The van der Waals surface area contributed by atoms with Gasteiger partial charge in [0.05, 0.1) is 0 Å². The predicted octanol–water partition coefficient (Wildman–Crippen LogP) is 7.33. The van der Waals surface area contributed by atoms with E-state index in [1.54, 1.807) is 0 Å². The molecule has 0 spiro atoms. The molecule has 0 atom stereocenters. The predicted molar refractivity (Wildman–Crippen MR) is 121 cm³/mol. The molecule has 0 bridgehead atoms. The van der Waals surface area contributed by atoms with E-state index in [9.17, 15) is 0 Å². The van der Waals surface area contributed by atoms with E-state index in [4.69, 9.17) is 0 Å². The van der Waals surface area contributed by atoms with Gasteiger partial charge in [-0.25, -0.2) is 0 Å². The first-order valence-electron chi connectivity index (χ1n) is 10.6. The van der Waals surface area contributed by atoms with Crippen LogP contribution in [0.4, 0.5) is 0 Å². The summed E-state index contributed by atoms with van der Waals surface area (Å²) < 4.78 is 3.92. The summed E-state index contributed by atoms with van der Waals surface area (Å²) in [7, 11) is 0. The fourth-order valence-corrected chi connectivity index (χ4v) is 11.1. The summed E-state index contributed by atoms with van der Waals surface area (Å²) in [5.74, 6) is 0. The van der Waals surface area contributed by atoms with Gasteiger partial charge in [-0.1, -0.05) is 0 Å². The van der Waals surface area contributed by atoms with Crippen LogP contribution < -0.4 is 0 Å². The van der Waals surface area contributed by atoms with Crippen molar-refractivity contribution < 1.29 is 21.8 Å². The molecule has 3 aromatic rings. The third-order valence-electron chi connectivity index (χ3n) is 5.98. The zero-order chi connectivity index (χ0) is 20.1. The van der Waals surface area contributed by atoms with Crippen LogP contribution in [0.5, 0.6) is 0 Å². The van der Waals surface area contributed by atoms with Crippen molar-refractivity contribution in [2.24, 2.45) is 0 Å². The third-order valence-corrected chi connectivity index (χ3v) is 12.7. The monoisotopic (exact) mass is 455 g/mol. The van der Waals surface area contributed by atoms with Gasteiger partial charge in [0.1, 0.15) is 0 Å². The number of hydrogen-bond acceptors (Lipinski definition) is 0. The Bertz CT molecular complexity index is 971. The van der Waals surface area contributed by atoms with Gasteiger partial charge in [-0.15, -0.1) is 0 Å². The van der Waals surface area contributed by atoms with E-state index in [0.717, 1.165) is 6.42 Å². The van der Waals surface area contributed by atoms with Gasteiger partial charge in [0.25, 0.3) is 0 Å². The average molecular weight is 457 g/mol. The molecule has 1 heteroatoms. The van der Waals surface area contributed by atoms with Gasteiger partial charge in [-0.05, 0) is 0 Å². The van der Waals surface area contributed by atoms with E-state index in [1.807, 2.05) is 0 Å². The average Bonchev–Trinajstić information content (AvgIpc) is 3.08. The number of hydrogen-bond donors (Lipinski definition) is 0. The maximum absolute atomic E-state index is 2.47. The zero-order valence-corrected chi connectivity index (χ0v) is 19.9. The van der Waals surface area contributed by atoms with E-state index >= 15 is 0 Å². The van der Waals surface area contributed by atoms with Gasteiger partial charge in [0, 0.05) is 0 Å². The summed E-state index contributed by atoms with van der Waals surface area (Å²) in [5.41, 5.74) is 10.4. The third kappa shape index (κ3) is 5.34. The molecule has 0 amide bonds. The molecule has 1 aliphatic carbocycles. The van der Waals surface area contributed by atoms with Gasteiger partial charge in [-0.3, -0.25) is 0 Å². The standard InChI is InChI=1S/C14H15.2C7H7.Zr/c1-10-5-4-6-13(9-10)14-8-7-11(2)12(14)3;2*1-7-5-3-2-4-6-7;/h4-7,9H,1,8H2,2-3H3;2*2-6H,1H2;. The van der Waals surface area contributed by atoms with Crippen LogP contribution in [0.3, 0.4) is 0 Å². The van der Waals surface area contributed by atoms with Crippen molar-refractivity contribution >= 4 is 5.57 Å². The Balaban J connectivity index is 1.56. The molecule has 0 aromatic heterocycles. The first-order chi connectivity index (χ1) is 14.2. The van der Waals surface area contributed by atoms with Crippen LogP contribution in [0.2, 0.25) is 0 Å². The summed E-state index contributed by atoms with van der Waals surface area (Å²) >= 11 is -1.70. The fourth-order valence-electron chi connectivity index (χ4n) is 4.25. The molecule has 0 radical (unpaired) electrons. The van der Waals surface area contributed by atoms with Crippen LogP contribution in [0.15, 0.2) is 102 Å². The van der Waals surface area contributed by atoms with Crippen LogP contribution >= 0.6 is 0 Å². The van der Waals surface area contributed by atoms with Gasteiger partial charge in [0.15, 0.2) is 0 Å². The minimum atomic E-state index is -1.70. The quantitative estimate of drug-likeness (QED) is 0.349. The number of benzene rings is 3. The second-order valence-electron chi connectivity index (χ2n) is 8.15. The van der Waals surface area contributed by atoms with Crippen molar-refractivity contribution in [3.63, 3.8) is 0 Å². The molecule has 0 N–H and O–H groups in total. The van der Waals surface area contributed by atoms with E-state index in [2.05, 4.69) is 105 Å². The topological polar surface area (TPSA) is 0 Å². The van der Waals surface area contributed by atoms with E-state index < -0.39 is 21.8 Å². The molecular weight excluding hydrogens is 428 g/mol. The second kappa shape index (κ2) is 9.68. The van der Waals surface area contributed by atoms with E-state index in [1.165, 1.54) is 51.4 Å². The summed E-state index contributed by atoms with van der Waals surface area (Å²) in [5, 5.41) is 0. The molecule has 1 aliphatic rings. The first-order valence-corrected chi connectivity index (χ1v) is 15.8. The summed E-state index contributed by atoms with van der Waals surface area (Å²) in [4.78, 5) is 0. The Kier molecular flexibility index (Phi) is 6.78. The van der Waals surface area contributed by atoms with Gasteiger partial charge >= 0.3 is 184 Å². The molecule has 0 aliphatic heterocycles. The molecule has 0 fully saturated rings. The number of allylic oxidation sites excluding steroid dienone is 4. The van der Waals surface area contributed by atoms with Gasteiger partial charge in [-0.2, -0.15) is 0 Å². The normalized spacial score (nSPS) is 13.5. The number of rotatable bonds is 7. The van der Waals surface area contributed by atoms with Crippen molar-refractivity contribution in [2.75, 3.05) is 0 Å². The Morgan fingerprint density at radius 1 is 0.655 bits per heavy atom. The van der Waals surface area contributed by atoms with Crippen LogP contribution in [-0.4, -0.2) is 0 Å². The summed E-state index contributed by atoms with van der Waals surface area (Å²) in [6.07, 6.45) is 3.45. The maximum atomic E-state index is 2.47. The van der Waals surface area contributed by atoms with E-state index in [0.29, 0.717) is 0 Å². The SMILES string of the molecule is CC1=CCC(c2cccc([CH2][Zr]([CH2]c3ccccc3)[CH2]c3ccccc3)c2)=C1C. The van der Waals surface area contributed by atoms with Gasteiger partial charge in [0.2, 0.25) is 0 Å². The molecule has 0 saturated carbocycles. The molecule has 145 valence electrons. The van der Waals surface area contributed by atoms with Crippen molar-refractivity contribution in [3.8, 4) is 0 Å². The summed E-state index contributed by atoms with van der Waals surface area (Å²) in [6.45, 7) is 4.50. The summed E-state index contributed by atoms with van der Waals surface area (Å²) in [6, 6.07) is 31.6. The minimum absolute atomic E-state index is 1.08. The fraction of sp³-hybridized carbons (Fsp3) is 0.214. The Hall–Kier alpha value is -1.98. The van der Waals surface area contributed by atoms with Crippen LogP contribution in [0, 0.1) is 0 Å².